The van der Waals surface area contributed by atoms with E-state index in [0.717, 1.165) is 5.56 Å². The number of amides is 1. The second-order valence-corrected chi connectivity index (χ2v) is 7.54. The minimum atomic E-state index is -3.99. The maximum absolute atomic E-state index is 12.4. The van der Waals surface area contributed by atoms with E-state index in [1.165, 1.54) is 32.4 Å². The molecule has 1 amide bonds. The predicted molar refractivity (Wildman–Crippen MR) is 99.6 cm³/mol. The molecule has 0 fully saturated rings. The van der Waals surface area contributed by atoms with Crippen molar-refractivity contribution in [1.29, 1.82) is 0 Å². The summed E-state index contributed by atoms with van der Waals surface area (Å²) in [5.74, 6) is 0.0597. The number of sulfonamides is 1. The molecule has 2 aromatic carbocycles. The van der Waals surface area contributed by atoms with Gasteiger partial charge in [0.1, 0.15) is 16.4 Å². The normalized spacial score (nSPS) is 11.1. The minimum Gasteiger partial charge on any atom is -0.495 e. The van der Waals surface area contributed by atoms with Gasteiger partial charge in [-0.25, -0.2) is 13.1 Å². The van der Waals surface area contributed by atoms with Crippen LogP contribution >= 0.6 is 11.6 Å². The number of carbonyl (C=O) groups is 1. The molecule has 0 aromatic heterocycles. The van der Waals surface area contributed by atoms with E-state index in [2.05, 4.69) is 10.0 Å². The average molecular weight is 399 g/mol. The van der Waals surface area contributed by atoms with E-state index in [0.29, 0.717) is 11.4 Å². The lowest BCUT2D eigenvalue weighted by Gasteiger charge is -2.13. The van der Waals surface area contributed by atoms with Crippen molar-refractivity contribution < 1.29 is 22.7 Å². The zero-order valence-corrected chi connectivity index (χ0v) is 16.1. The van der Waals surface area contributed by atoms with Gasteiger partial charge in [-0.3, -0.25) is 4.79 Å². The van der Waals surface area contributed by atoms with Gasteiger partial charge in [0.2, 0.25) is 15.9 Å². The van der Waals surface area contributed by atoms with Crippen LogP contribution in [0.1, 0.15) is 5.56 Å². The van der Waals surface area contributed by atoms with E-state index in [9.17, 15) is 13.2 Å². The highest BCUT2D eigenvalue weighted by Crippen LogP contribution is 2.27. The summed E-state index contributed by atoms with van der Waals surface area (Å²) in [5.41, 5.74) is 1.38. The Kier molecular flexibility index (Phi) is 6.47. The maximum atomic E-state index is 12.4. The first-order chi connectivity index (χ1) is 12.3. The van der Waals surface area contributed by atoms with Gasteiger partial charge in [0.05, 0.1) is 26.5 Å². The van der Waals surface area contributed by atoms with Gasteiger partial charge in [0, 0.05) is 5.02 Å². The van der Waals surface area contributed by atoms with Gasteiger partial charge in [-0.05, 0) is 42.8 Å². The molecule has 0 saturated heterocycles. The highest BCUT2D eigenvalue weighted by atomic mass is 35.5. The first kappa shape index (κ1) is 20.0. The van der Waals surface area contributed by atoms with Crippen molar-refractivity contribution >= 4 is 33.2 Å². The molecule has 0 spiro atoms. The molecule has 0 unspecified atom stereocenters. The quantitative estimate of drug-likeness (QED) is 0.747. The molecule has 0 aliphatic rings. The maximum Gasteiger partial charge on any atom is 0.244 e. The fourth-order valence-corrected chi connectivity index (χ4v) is 3.62. The lowest BCUT2D eigenvalue weighted by molar-refractivity contribution is -0.115. The van der Waals surface area contributed by atoms with Crippen LogP contribution in [0.5, 0.6) is 11.5 Å². The van der Waals surface area contributed by atoms with Crippen molar-refractivity contribution in [1.82, 2.24) is 4.72 Å². The zero-order valence-electron chi connectivity index (χ0n) is 14.5. The molecular formula is C17H19ClN2O5S. The molecule has 0 aliphatic heterocycles. The van der Waals surface area contributed by atoms with Crippen LogP contribution in [0, 0.1) is 6.92 Å². The van der Waals surface area contributed by atoms with Gasteiger partial charge in [0.15, 0.2) is 0 Å². The summed E-state index contributed by atoms with van der Waals surface area (Å²) in [6.07, 6.45) is 0. The summed E-state index contributed by atoms with van der Waals surface area (Å²) in [6, 6.07) is 9.48. The fourth-order valence-electron chi connectivity index (χ4n) is 2.21. The minimum absolute atomic E-state index is 0.127. The summed E-state index contributed by atoms with van der Waals surface area (Å²) in [5, 5.41) is 2.85. The predicted octanol–water partition coefficient (Wildman–Crippen LogP) is 2.58. The second-order valence-electron chi connectivity index (χ2n) is 5.37. The third-order valence-electron chi connectivity index (χ3n) is 3.47. The third kappa shape index (κ3) is 4.87. The largest absolute Gasteiger partial charge is 0.495 e. The molecule has 7 nitrogen and oxygen atoms in total. The number of rotatable bonds is 7. The number of methoxy groups -OCH3 is 2. The number of carbonyl (C=O) groups excluding carboxylic acids is 1. The van der Waals surface area contributed by atoms with Crippen LogP contribution in [0.25, 0.3) is 0 Å². The van der Waals surface area contributed by atoms with Gasteiger partial charge >= 0.3 is 0 Å². The van der Waals surface area contributed by atoms with E-state index < -0.39 is 22.5 Å². The average Bonchev–Trinajstić information content (AvgIpc) is 2.60. The lowest BCUT2D eigenvalue weighted by Crippen LogP contribution is -2.33. The number of benzene rings is 2. The number of hydrogen-bond donors (Lipinski definition) is 2. The molecule has 0 atom stereocenters. The summed E-state index contributed by atoms with van der Waals surface area (Å²) in [4.78, 5) is 12.0. The Morgan fingerprint density at radius 1 is 1.08 bits per heavy atom. The topological polar surface area (TPSA) is 93.7 Å². The van der Waals surface area contributed by atoms with Crippen LogP contribution in [0.3, 0.4) is 0 Å². The van der Waals surface area contributed by atoms with E-state index in [1.54, 1.807) is 12.1 Å². The van der Waals surface area contributed by atoms with Gasteiger partial charge in [-0.15, -0.1) is 0 Å². The molecule has 2 N–H and O–H groups in total. The molecule has 0 heterocycles. The molecule has 9 heteroatoms. The first-order valence-electron chi connectivity index (χ1n) is 7.54. The molecule has 0 aliphatic carbocycles. The fraction of sp³-hybridized carbons (Fsp3) is 0.235. The smallest absolute Gasteiger partial charge is 0.244 e. The lowest BCUT2D eigenvalue weighted by atomic mass is 10.2. The standard InChI is InChI=1S/C17H19ClN2O5S/c1-11-4-6-14(24-2)13(8-11)20-17(21)10-19-26(22,23)16-9-12(18)5-7-15(16)25-3/h4-9,19H,10H2,1-3H3,(H,20,21). The number of halogens is 1. The van der Waals surface area contributed by atoms with E-state index in [1.807, 2.05) is 13.0 Å². The molecule has 0 saturated carbocycles. The Morgan fingerprint density at radius 2 is 1.73 bits per heavy atom. The number of hydrogen-bond acceptors (Lipinski definition) is 5. The summed E-state index contributed by atoms with van der Waals surface area (Å²) in [6.45, 7) is 1.40. The summed E-state index contributed by atoms with van der Waals surface area (Å²) < 4.78 is 37.3. The van der Waals surface area contributed by atoms with E-state index in [4.69, 9.17) is 21.1 Å². The van der Waals surface area contributed by atoms with Crippen molar-refractivity contribution in [3.63, 3.8) is 0 Å². The van der Waals surface area contributed by atoms with Crippen molar-refractivity contribution in [2.75, 3.05) is 26.1 Å². The molecule has 2 rings (SSSR count). The van der Waals surface area contributed by atoms with Gasteiger partial charge in [0.25, 0.3) is 0 Å². The highest BCUT2D eigenvalue weighted by molar-refractivity contribution is 7.89. The van der Waals surface area contributed by atoms with Gasteiger partial charge < -0.3 is 14.8 Å². The molecule has 26 heavy (non-hydrogen) atoms. The van der Waals surface area contributed by atoms with Crippen molar-refractivity contribution in [2.24, 2.45) is 0 Å². The second kappa shape index (κ2) is 8.39. The Balaban J connectivity index is 2.12. The molecule has 0 bridgehead atoms. The SMILES string of the molecule is COc1ccc(C)cc1NC(=O)CNS(=O)(=O)c1cc(Cl)ccc1OC. The summed E-state index contributed by atoms with van der Waals surface area (Å²) >= 11 is 5.86. The van der Waals surface area contributed by atoms with Crippen LogP contribution in [0.4, 0.5) is 5.69 Å². The first-order valence-corrected chi connectivity index (χ1v) is 9.40. The Hall–Kier alpha value is -2.29. The van der Waals surface area contributed by atoms with Gasteiger partial charge in [-0.1, -0.05) is 17.7 Å². The number of aryl methyl sites for hydroxylation is 1. The Labute approximate surface area is 157 Å². The van der Waals surface area contributed by atoms with Crippen LogP contribution < -0.4 is 19.5 Å². The Bertz CT molecular complexity index is 915. The molecule has 140 valence electrons. The highest BCUT2D eigenvalue weighted by Gasteiger charge is 2.21. The monoisotopic (exact) mass is 398 g/mol. The number of nitrogens with one attached hydrogen (secondary N) is 2. The van der Waals surface area contributed by atoms with Crippen LogP contribution in [-0.2, 0) is 14.8 Å². The Morgan fingerprint density at radius 3 is 2.38 bits per heavy atom. The molecular weight excluding hydrogens is 380 g/mol. The van der Waals surface area contributed by atoms with Crippen molar-refractivity contribution in [2.45, 2.75) is 11.8 Å². The van der Waals surface area contributed by atoms with Crippen molar-refractivity contribution in [3.05, 3.63) is 47.0 Å². The van der Waals surface area contributed by atoms with Crippen LogP contribution in [0.2, 0.25) is 5.02 Å². The molecule has 2 aromatic rings. The van der Waals surface area contributed by atoms with Crippen LogP contribution in [0.15, 0.2) is 41.3 Å². The van der Waals surface area contributed by atoms with E-state index in [-0.39, 0.29) is 15.7 Å². The zero-order chi connectivity index (χ0) is 19.3. The third-order valence-corrected chi connectivity index (χ3v) is 5.12. The van der Waals surface area contributed by atoms with Crippen molar-refractivity contribution in [3.8, 4) is 11.5 Å². The van der Waals surface area contributed by atoms with Crippen LogP contribution in [-0.4, -0.2) is 35.1 Å². The number of ether oxygens (including phenoxy) is 2. The molecule has 0 radical (unpaired) electrons. The van der Waals surface area contributed by atoms with E-state index >= 15 is 0 Å². The summed E-state index contributed by atoms with van der Waals surface area (Å²) in [7, 11) is -1.16. The van der Waals surface area contributed by atoms with Gasteiger partial charge in [-0.2, -0.15) is 0 Å². The number of anilines is 1.